The van der Waals surface area contributed by atoms with Gasteiger partial charge >= 0.3 is 0 Å². The Labute approximate surface area is 75.2 Å². The molecular formula is C10H18N2. The number of likely N-dealkylation sites (tertiary alicyclic amines) is 1. The van der Waals surface area contributed by atoms with E-state index in [0.29, 0.717) is 0 Å². The van der Waals surface area contributed by atoms with Crippen LogP contribution in [0.5, 0.6) is 0 Å². The van der Waals surface area contributed by atoms with Gasteiger partial charge in [-0.15, -0.1) is 0 Å². The van der Waals surface area contributed by atoms with Gasteiger partial charge in [0.2, 0.25) is 0 Å². The van der Waals surface area contributed by atoms with Gasteiger partial charge in [0.15, 0.2) is 0 Å². The van der Waals surface area contributed by atoms with Crippen molar-refractivity contribution in [2.24, 2.45) is 5.41 Å². The van der Waals surface area contributed by atoms with Crippen molar-refractivity contribution < 1.29 is 0 Å². The van der Waals surface area contributed by atoms with E-state index in [2.05, 4.69) is 24.8 Å². The molecule has 1 saturated heterocycles. The van der Waals surface area contributed by atoms with Gasteiger partial charge in [0, 0.05) is 0 Å². The Morgan fingerprint density at radius 2 is 2.00 bits per heavy atom. The smallest absolute Gasteiger partial charge is 0.0687 e. The maximum absolute atomic E-state index is 8.90. The zero-order valence-corrected chi connectivity index (χ0v) is 8.14. The molecule has 0 unspecified atom stereocenters. The van der Waals surface area contributed by atoms with Gasteiger partial charge in [-0.05, 0) is 45.8 Å². The molecule has 1 aliphatic rings. The van der Waals surface area contributed by atoms with Gasteiger partial charge in [-0.25, -0.2) is 0 Å². The van der Waals surface area contributed by atoms with Crippen molar-refractivity contribution in [1.29, 1.82) is 5.26 Å². The molecule has 0 atom stereocenters. The third-order valence-corrected chi connectivity index (χ3v) is 2.77. The molecule has 0 aliphatic carbocycles. The highest BCUT2D eigenvalue weighted by Gasteiger charge is 2.29. The van der Waals surface area contributed by atoms with Gasteiger partial charge in [-0.1, -0.05) is 6.92 Å². The summed E-state index contributed by atoms with van der Waals surface area (Å²) in [5.41, 5.74) is -0.0375. The predicted octanol–water partition coefficient (Wildman–Crippen LogP) is 2.02. The summed E-state index contributed by atoms with van der Waals surface area (Å²) >= 11 is 0. The van der Waals surface area contributed by atoms with Crippen LogP contribution in [0.3, 0.4) is 0 Å². The molecular weight excluding hydrogens is 148 g/mol. The highest BCUT2D eigenvalue weighted by atomic mass is 15.1. The molecule has 0 aromatic carbocycles. The first-order valence-corrected chi connectivity index (χ1v) is 4.84. The molecule has 68 valence electrons. The first-order valence-electron chi connectivity index (χ1n) is 4.84. The van der Waals surface area contributed by atoms with E-state index in [1.807, 2.05) is 0 Å². The lowest BCUT2D eigenvalue weighted by Crippen LogP contribution is -2.38. The molecule has 1 rings (SSSR count). The number of piperidine rings is 1. The van der Waals surface area contributed by atoms with Gasteiger partial charge in [-0.2, -0.15) is 5.26 Å². The molecule has 2 nitrogen and oxygen atoms in total. The van der Waals surface area contributed by atoms with E-state index in [-0.39, 0.29) is 5.41 Å². The van der Waals surface area contributed by atoms with Crippen molar-refractivity contribution >= 4 is 0 Å². The first kappa shape index (κ1) is 9.54. The zero-order valence-electron chi connectivity index (χ0n) is 8.14. The third-order valence-electron chi connectivity index (χ3n) is 2.77. The molecule has 1 aliphatic heterocycles. The van der Waals surface area contributed by atoms with Crippen LogP contribution in [0.2, 0.25) is 0 Å². The zero-order chi connectivity index (χ0) is 9.03. The summed E-state index contributed by atoms with van der Waals surface area (Å²) in [5.74, 6) is 0. The maximum atomic E-state index is 8.90. The summed E-state index contributed by atoms with van der Waals surface area (Å²) in [4.78, 5) is 2.46. The highest BCUT2D eigenvalue weighted by molar-refractivity contribution is 4.98. The average molecular weight is 166 g/mol. The normalized spacial score (nSPS) is 23.4. The Balaban J connectivity index is 2.35. The standard InChI is InChI=1S/C10H18N2/c1-3-6-12-7-4-10(2,9-11)5-8-12/h3-8H2,1-2H3. The lowest BCUT2D eigenvalue weighted by molar-refractivity contribution is 0.157. The van der Waals surface area contributed by atoms with Crippen LogP contribution in [0.25, 0.3) is 0 Å². The van der Waals surface area contributed by atoms with Crippen LogP contribution < -0.4 is 0 Å². The van der Waals surface area contributed by atoms with Gasteiger partial charge in [0.1, 0.15) is 0 Å². The number of hydrogen-bond donors (Lipinski definition) is 0. The van der Waals surface area contributed by atoms with Gasteiger partial charge in [0.25, 0.3) is 0 Å². The quantitative estimate of drug-likeness (QED) is 0.627. The second-order valence-corrected chi connectivity index (χ2v) is 4.01. The summed E-state index contributed by atoms with van der Waals surface area (Å²) < 4.78 is 0. The van der Waals surface area contributed by atoms with Crippen LogP contribution in [-0.2, 0) is 0 Å². The lowest BCUT2D eigenvalue weighted by atomic mass is 9.82. The third kappa shape index (κ3) is 2.22. The van der Waals surface area contributed by atoms with Crippen LogP contribution in [0.15, 0.2) is 0 Å². The average Bonchev–Trinajstić information content (AvgIpc) is 2.10. The summed E-state index contributed by atoms with van der Waals surface area (Å²) in [7, 11) is 0. The molecule has 0 radical (unpaired) electrons. The number of rotatable bonds is 2. The first-order chi connectivity index (χ1) is 5.70. The van der Waals surface area contributed by atoms with E-state index in [1.165, 1.54) is 13.0 Å². The van der Waals surface area contributed by atoms with Crippen LogP contribution >= 0.6 is 0 Å². The molecule has 1 fully saturated rings. The molecule has 0 aromatic heterocycles. The highest BCUT2D eigenvalue weighted by Crippen LogP contribution is 2.29. The fourth-order valence-corrected chi connectivity index (χ4v) is 1.70. The van der Waals surface area contributed by atoms with Gasteiger partial charge in [0.05, 0.1) is 11.5 Å². The summed E-state index contributed by atoms with van der Waals surface area (Å²) in [6.07, 6.45) is 3.32. The second-order valence-electron chi connectivity index (χ2n) is 4.01. The van der Waals surface area contributed by atoms with E-state index >= 15 is 0 Å². The Kier molecular flexibility index (Phi) is 3.11. The Morgan fingerprint density at radius 1 is 1.42 bits per heavy atom. The second kappa shape index (κ2) is 3.91. The molecule has 0 amide bonds. The molecule has 0 saturated carbocycles. The predicted molar refractivity (Wildman–Crippen MR) is 49.7 cm³/mol. The molecule has 1 heterocycles. The van der Waals surface area contributed by atoms with E-state index in [0.717, 1.165) is 25.9 Å². The van der Waals surface area contributed by atoms with E-state index in [1.54, 1.807) is 0 Å². The fourth-order valence-electron chi connectivity index (χ4n) is 1.70. The monoisotopic (exact) mass is 166 g/mol. The minimum absolute atomic E-state index is 0.0375. The molecule has 0 spiro atoms. The van der Waals surface area contributed by atoms with Crippen molar-refractivity contribution in [3.05, 3.63) is 0 Å². The van der Waals surface area contributed by atoms with Gasteiger partial charge < -0.3 is 4.90 Å². The number of nitriles is 1. The van der Waals surface area contributed by atoms with Crippen LogP contribution in [0, 0.1) is 16.7 Å². The molecule has 0 bridgehead atoms. The summed E-state index contributed by atoms with van der Waals surface area (Å²) in [5, 5.41) is 8.90. The van der Waals surface area contributed by atoms with Crippen molar-refractivity contribution in [2.75, 3.05) is 19.6 Å². The van der Waals surface area contributed by atoms with Gasteiger partial charge in [-0.3, -0.25) is 0 Å². The van der Waals surface area contributed by atoms with Crippen LogP contribution in [-0.4, -0.2) is 24.5 Å². The Hall–Kier alpha value is -0.550. The van der Waals surface area contributed by atoms with E-state index < -0.39 is 0 Å². The van der Waals surface area contributed by atoms with Crippen molar-refractivity contribution in [3.63, 3.8) is 0 Å². The van der Waals surface area contributed by atoms with E-state index in [4.69, 9.17) is 5.26 Å². The van der Waals surface area contributed by atoms with Crippen molar-refractivity contribution in [3.8, 4) is 6.07 Å². The van der Waals surface area contributed by atoms with Crippen molar-refractivity contribution in [2.45, 2.75) is 33.1 Å². The Morgan fingerprint density at radius 3 is 2.42 bits per heavy atom. The van der Waals surface area contributed by atoms with Crippen LogP contribution in [0.4, 0.5) is 0 Å². The summed E-state index contributed by atoms with van der Waals surface area (Å²) in [6.45, 7) is 7.70. The molecule has 2 heteroatoms. The molecule has 0 N–H and O–H groups in total. The number of nitrogens with zero attached hydrogens (tertiary/aromatic N) is 2. The lowest BCUT2D eigenvalue weighted by Gasteiger charge is -2.34. The Bertz CT molecular complexity index is 173. The minimum Gasteiger partial charge on any atom is -0.303 e. The van der Waals surface area contributed by atoms with Crippen molar-refractivity contribution in [1.82, 2.24) is 4.90 Å². The summed E-state index contributed by atoms with van der Waals surface area (Å²) in [6, 6.07) is 2.42. The number of hydrogen-bond acceptors (Lipinski definition) is 2. The SMILES string of the molecule is CCCN1CCC(C)(C#N)CC1. The topological polar surface area (TPSA) is 27.0 Å². The molecule has 0 aromatic rings. The van der Waals surface area contributed by atoms with E-state index in [9.17, 15) is 0 Å². The minimum atomic E-state index is -0.0375. The van der Waals surface area contributed by atoms with Crippen LogP contribution in [0.1, 0.15) is 33.1 Å². The molecule has 12 heavy (non-hydrogen) atoms. The largest absolute Gasteiger partial charge is 0.303 e. The maximum Gasteiger partial charge on any atom is 0.0687 e. The fraction of sp³-hybridized carbons (Fsp3) is 0.900.